The van der Waals surface area contributed by atoms with Crippen molar-refractivity contribution < 1.29 is 14.3 Å². The normalized spacial score (nSPS) is 8.29. The third-order valence-electron chi connectivity index (χ3n) is 1.09. The van der Waals surface area contributed by atoms with E-state index in [0.717, 1.165) is 0 Å². The molecule has 0 fully saturated rings. The third-order valence-corrected chi connectivity index (χ3v) is 1.09. The first kappa shape index (κ1) is 9.67. The zero-order chi connectivity index (χ0) is 10.4. The van der Waals surface area contributed by atoms with Gasteiger partial charge in [-0.25, -0.2) is 14.8 Å². The molecule has 0 spiro atoms. The Kier molecular flexibility index (Phi) is 3.15. The number of carbonyl (C=O) groups is 2. The minimum absolute atomic E-state index is 0.0193. The summed E-state index contributed by atoms with van der Waals surface area (Å²) in [5.41, 5.74) is 5.04. The van der Waals surface area contributed by atoms with Crippen LogP contribution in [0.1, 0.15) is 5.69 Å². The number of ether oxygens (including phenoxy) is 1. The van der Waals surface area contributed by atoms with Crippen LogP contribution in [0, 0.1) is 11.8 Å². The maximum atomic E-state index is 10.3. The number of aromatic nitrogens is 2. The first-order valence-electron chi connectivity index (χ1n) is 3.47. The number of nitrogens with two attached hydrogens (primary N) is 1. The highest BCUT2D eigenvalue weighted by Crippen LogP contribution is 2.02. The molecule has 0 atom stereocenters. The summed E-state index contributed by atoms with van der Waals surface area (Å²) in [6.07, 6.45) is 1.91. The molecule has 2 N–H and O–H groups in total. The van der Waals surface area contributed by atoms with E-state index in [-0.39, 0.29) is 5.88 Å². The molecule has 1 aromatic heterocycles. The zero-order valence-corrected chi connectivity index (χ0v) is 6.93. The highest BCUT2D eigenvalue weighted by Gasteiger charge is 1.99. The fraction of sp³-hybridized carbons (Fsp3) is 0. The molecule has 0 unspecified atom stereocenters. The van der Waals surface area contributed by atoms with Crippen LogP contribution in [-0.4, -0.2) is 22.3 Å². The zero-order valence-electron chi connectivity index (χ0n) is 6.93. The second-order valence-corrected chi connectivity index (χ2v) is 2.05. The third kappa shape index (κ3) is 2.91. The number of hydrogen-bond donors (Lipinski definition) is 1. The van der Waals surface area contributed by atoms with Gasteiger partial charge in [0.25, 0.3) is 0 Å². The summed E-state index contributed by atoms with van der Waals surface area (Å²) in [6, 6.07) is 0. The lowest BCUT2D eigenvalue weighted by Gasteiger charge is -1.96. The molecule has 6 heteroatoms. The first-order chi connectivity index (χ1) is 6.72. The van der Waals surface area contributed by atoms with Crippen LogP contribution in [0.4, 0.5) is 4.79 Å². The Morgan fingerprint density at radius 1 is 1.50 bits per heavy atom. The Hall–Kier alpha value is -2.42. The number of aldehydes is 1. The summed E-state index contributed by atoms with van der Waals surface area (Å²) < 4.78 is 4.42. The van der Waals surface area contributed by atoms with Crippen LogP contribution in [-0.2, 0) is 4.79 Å². The van der Waals surface area contributed by atoms with E-state index in [1.807, 2.05) is 0 Å². The van der Waals surface area contributed by atoms with E-state index >= 15 is 0 Å². The Labute approximate surface area is 79.1 Å². The van der Waals surface area contributed by atoms with Crippen LogP contribution < -0.4 is 10.5 Å². The van der Waals surface area contributed by atoms with E-state index in [1.165, 1.54) is 12.4 Å². The Balaban J connectivity index is 2.78. The van der Waals surface area contributed by atoms with Crippen LogP contribution in [0.25, 0.3) is 0 Å². The molecular formula is C8H5N3O3. The SMILES string of the molecule is NC(=O)Oc1cnc(C#CC=O)cn1. The Bertz CT molecular complexity index is 402. The van der Waals surface area contributed by atoms with Gasteiger partial charge in [-0.2, -0.15) is 0 Å². The van der Waals surface area contributed by atoms with Gasteiger partial charge >= 0.3 is 6.09 Å². The molecule has 0 saturated carbocycles. The van der Waals surface area contributed by atoms with E-state index in [0.29, 0.717) is 12.0 Å². The monoisotopic (exact) mass is 191 g/mol. The van der Waals surface area contributed by atoms with Crippen molar-refractivity contribution in [3.8, 4) is 17.7 Å². The van der Waals surface area contributed by atoms with Crippen LogP contribution >= 0.6 is 0 Å². The first-order valence-corrected chi connectivity index (χ1v) is 3.47. The lowest BCUT2D eigenvalue weighted by Crippen LogP contribution is -2.17. The maximum absolute atomic E-state index is 10.3. The van der Waals surface area contributed by atoms with Crippen LogP contribution in [0.5, 0.6) is 5.88 Å². The molecule has 1 aromatic rings. The van der Waals surface area contributed by atoms with E-state index < -0.39 is 6.09 Å². The van der Waals surface area contributed by atoms with Gasteiger partial charge in [0.05, 0.1) is 12.4 Å². The molecule has 0 saturated heterocycles. The maximum Gasteiger partial charge on any atom is 0.411 e. The molecule has 0 bridgehead atoms. The van der Waals surface area contributed by atoms with Gasteiger partial charge in [-0.15, -0.1) is 0 Å². The molecular weight excluding hydrogens is 186 g/mol. The molecule has 1 amide bonds. The number of rotatable bonds is 1. The predicted molar refractivity (Wildman–Crippen MR) is 45.2 cm³/mol. The van der Waals surface area contributed by atoms with Gasteiger partial charge in [-0.3, -0.25) is 4.79 Å². The summed E-state index contributed by atoms with van der Waals surface area (Å²) in [6.45, 7) is 0. The fourth-order valence-corrected chi connectivity index (χ4v) is 0.640. The molecule has 70 valence electrons. The van der Waals surface area contributed by atoms with Crippen molar-refractivity contribution >= 4 is 12.4 Å². The van der Waals surface area contributed by atoms with Gasteiger partial charge < -0.3 is 10.5 Å². The van der Waals surface area contributed by atoms with Crippen molar-refractivity contribution in [2.75, 3.05) is 0 Å². The van der Waals surface area contributed by atoms with Gasteiger partial charge in [0.2, 0.25) is 5.88 Å². The lowest BCUT2D eigenvalue weighted by molar-refractivity contribution is -0.103. The number of primary amides is 1. The van der Waals surface area contributed by atoms with E-state index in [4.69, 9.17) is 5.73 Å². The molecule has 0 aliphatic heterocycles. The minimum Gasteiger partial charge on any atom is -0.390 e. The van der Waals surface area contributed by atoms with Crippen molar-refractivity contribution in [3.05, 3.63) is 18.1 Å². The van der Waals surface area contributed by atoms with Crippen molar-refractivity contribution in [1.29, 1.82) is 0 Å². The van der Waals surface area contributed by atoms with Crippen LogP contribution in [0.3, 0.4) is 0 Å². The quantitative estimate of drug-likeness (QED) is 0.476. The topological polar surface area (TPSA) is 95.2 Å². The van der Waals surface area contributed by atoms with Gasteiger partial charge in [0.15, 0.2) is 6.29 Å². The number of amides is 1. The highest BCUT2D eigenvalue weighted by molar-refractivity contribution is 5.73. The van der Waals surface area contributed by atoms with Crippen molar-refractivity contribution in [1.82, 2.24) is 9.97 Å². The lowest BCUT2D eigenvalue weighted by atomic mass is 10.4. The standard InChI is InChI=1S/C8H5N3O3/c9-8(13)14-7-5-10-6(4-11-7)2-1-3-12/h3-5H,(H2,9,13). The number of hydrogen-bond acceptors (Lipinski definition) is 5. The van der Waals surface area contributed by atoms with Crippen molar-refractivity contribution in [2.24, 2.45) is 5.73 Å². The summed E-state index contributed by atoms with van der Waals surface area (Å²) >= 11 is 0. The molecule has 0 aliphatic carbocycles. The van der Waals surface area contributed by atoms with Gasteiger partial charge in [0, 0.05) is 0 Å². The summed E-state index contributed by atoms with van der Waals surface area (Å²) in [7, 11) is 0. The molecule has 6 nitrogen and oxygen atoms in total. The molecule has 0 aliphatic rings. The summed E-state index contributed by atoms with van der Waals surface area (Å²) in [5.74, 6) is 4.55. The summed E-state index contributed by atoms with van der Waals surface area (Å²) in [4.78, 5) is 27.6. The van der Waals surface area contributed by atoms with E-state index in [9.17, 15) is 9.59 Å². The second kappa shape index (κ2) is 4.57. The van der Waals surface area contributed by atoms with Crippen molar-refractivity contribution in [2.45, 2.75) is 0 Å². The van der Waals surface area contributed by atoms with Crippen molar-refractivity contribution in [3.63, 3.8) is 0 Å². The largest absolute Gasteiger partial charge is 0.411 e. The fourth-order valence-electron chi connectivity index (χ4n) is 0.640. The molecule has 14 heavy (non-hydrogen) atoms. The second-order valence-electron chi connectivity index (χ2n) is 2.05. The number of carbonyl (C=O) groups excluding carboxylic acids is 2. The summed E-state index contributed by atoms with van der Waals surface area (Å²) in [5, 5.41) is 0. The minimum atomic E-state index is -0.967. The number of nitrogens with zero attached hydrogens (tertiary/aromatic N) is 2. The smallest absolute Gasteiger partial charge is 0.390 e. The van der Waals surface area contributed by atoms with E-state index in [1.54, 1.807) is 0 Å². The predicted octanol–water partition coefficient (Wildman–Crippen LogP) is -0.515. The molecule has 1 heterocycles. The molecule has 0 radical (unpaired) electrons. The van der Waals surface area contributed by atoms with Crippen LogP contribution in [0.2, 0.25) is 0 Å². The van der Waals surface area contributed by atoms with Gasteiger partial charge in [-0.05, 0) is 11.8 Å². The highest BCUT2D eigenvalue weighted by atomic mass is 16.6. The average Bonchev–Trinajstić information content (AvgIpc) is 2.16. The molecule has 1 rings (SSSR count). The van der Waals surface area contributed by atoms with Gasteiger partial charge in [0.1, 0.15) is 5.69 Å². The van der Waals surface area contributed by atoms with Crippen LogP contribution in [0.15, 0.2) is 12.4 Å². The Morgan fingerprint density at radius 3 is 2.79 bits per heavy atom. The molecule has 0 aromatic carbocycles. The van der Waals surface area contributed by atoms with Gasteiger partial charge in [-0.1, -0.05) is 0 Å². The average molecular weight is 191 g/mol. The van der Waals surface area contributed by atoms with E-state index in [2.05, 4.69) is 26.5 Å². The Morgan fingerprint density at radius 2 is 2.29 bits per heavy atom.